The van der Waals surface area contributed by atoms with E-state index in [1.54, 1.807) is 0 Å². The molecule has 4 nitrogen and oxygen atoms in total. The summed E-state index contributed by atoms with van der Waals surface area (Å²) in [5.41, 5.74) is 2.14. The van der Waals surface area contributed by atoms with Crippen LogP contribution in [0.15, 0.2) is 35.5 Å². The second-order valence-electron chi connectivity index (χ2n) is 5.12. The molecule has 0 amide bonds. The fourth-order valence-corrected chi connectivity index (χ4v) is 2.24. The maximum absolute atomic E-state index is 9.62. The molecule has 2 rings (SSSR count). The number of benzene rings is 1. The molecule has 4 heteroatoms. The maximum Gasteiger partial charge on any atom is 0.145 e. The molecule has 0 bridgehead atoms. The van der Waals surface area contributed by atoms with Crippen molar-refractivity contribution in [3.05, 3.63) is 35.9 Å². The molecule has 19 heavy (non-hydrogen) atoms. The van der Waals surface area contributed by atoms with Gasteiger partial charge in [0.1, 0.15) is 6.10 Å². The first-order valence-corrected chi connectivity index (χ1v) is 6.83. The monoisotopic (exact) mass is 262 g/mol. The second kappa shape index (κ2) is 6.68. The molecule has 0 saturated heterocycles. The van der Waals surface area contributed by atoms with Crippen LogP contribution in [0, 0.1) is 0 Å². The predicted octanol–water partition coefficient (Wildman–Crippen LogP) is 1.88. The number of hydrogen-bond donors (Lipinski definition) is 1. The van der Waals surface area contributed by atoms with Gasteiger partial charge in [-0.2, -0.15) is 0 Å². The number of aliphatic hydroxyl groups is 1. The van der Waals surface area contributed by atoms with E-state index < -0.39 is 0 Å². The van der Waals surface area contributed by atoms with Gasteiger partial charge in [0.05, 0.1) is 11.8 Å². The maximum atomic E-state index is 9.62. The third kappa shape index (κ3) is 4.04. The Labute approximate surface area is 114 Å². The topological polar surface area (TPSA) is 45.1 Å². The van der Waals surface area contributed by atoms with Crippen molar-refractivity contribution in [3.8, 4) is 0 Å². The Morgan fingerprint density at radius 3 is 2.84 bits per heavy atom. The number of hydrogen-bond acceptors (Lipinski definition) is 4. The zero-order valence-corrected chi connectivity index (χ0v) is 11.6. The molecule has 104 valence electrons. The molecule has 0 saturated carbocycles. The minimum Gasteiger partial charge on any atom is -0.392 e. The molecular weight excluding hydrogens is 240 g/mol. The number of nitrogens with zero attached hydrogens (tertiary/aromatic N) is 2. The molecule has 1 aliphatic rings. The van der Waals surface area contributed by atoms with Gasteiger partial charge in [0.2, 0.25) is 0 Å². The van der Waals surface area contributed by atoms with Crippen molar-refractivity contribution in [1.29, 1.82) is 0 Å². The average Bonchev–Trinajstić information content (AvgIpc) is 2.88. The summed E-state index contributed by atoms with van der Waals surface area (Å²) in [6.07, 6.45) is 1.43. The van der Waals surface area contributed by atoms with Gasteiger partial charge >= 0.3 is 0 Å². The smallest absolute Gasteiger partial charge is 0.145 e. The summed E-state index contributed by atoms with van der Waals surface area (Å²) in [5, 5.41) is 13.8. The van der Waals surface area contributed by atoms with Crippen molar-refractivity contribution in [3.63, 3.8) is 0 Å². The van der Waals surface area contributed by atoms with Gasteiger partial charge in [0.15, 0.2) is 0 Å². The normalized spacial score (nSPS) is 20.2. The molecule has 1 aliphatic heterocycles. The van der Waals surface area contributed by atoms with Gasteiger partial charge in [0.25, 0.3) is 0 Å². The largest absolute Gasteiger partial charge is 0.392 e. The summed E-state index contributed by atoms with van der Waals surface area (Å²) < 4.78 is 0. The van der Waals surface area contributed by atoms with E-state index in [0.717, 1.165) is 30.7 Å². The summed E-state index contributed by atoms with van der Waals surface area (Å²) in [7, 11) is 2.00. The number of oxime groups is 1. The predicted molar refractivity (Wildman–Crippen MR) is 76.3 cm³/mol. The molecule has 0 radical (unpaired) electrons. The Morgan fingerprint density at radius 2 is 2.16 bits per heavy atom. The molecule has 1 aromatic rings. The van der Waals surface area contributed by atoms with Gasteiger partial charge in [0, 0.05) is 19.5 Å². The van der Waals surface area contributed by atoms with Gasteiger partial charge in [-0.1, -0.05) is 42.4 Å². The Hall–Kier alpha value is -1.39. The molecule has 1 N–H and O–H groups in total. The molecule has 0 fully saturated rings. The van der Waals surface area contributed by atoms with Crippen LogP contribution in [0.25, 0.3) is 0 Å². The van der Waals surface area contributed by atoms with Crippen molar-refractivity contribution in [2.45, 2.75) is 32.0 Å². The van der Waals surface area contributed by atoms with Crippen LogP contribution in [0.3, 0.4) is 0 Å². The Morgan fingerprint density at radius 1 is 1.42 bits per heavy atom. The zero-order chi connectivity index (χ0) is 13.7. The summed E-state index contributed by atoms with van der Waals surface area (Å²) in [6, 6.07) is 10.1. The molecular formula is C15H22N2O2. The number of aliphatic hydroxyl groups excluding tert-OH is 1. The van der Waals surface area contributed by atoms with Gasteiger partial charge in [-0.3, -0.25) is 0 Å². The van der Waals surface area contributed by atoms with Crippen LogP contribution < -0.4 is 0 Å². The number of rotatable bonds is 6. The van der Waals surface area contributed by atoms with Crippen molar-refractivity contribution in [2.75, 3.05) is 20.1 Å². The minimum absolute atomic E-state index is 0.0873. The molecule has 1 aromatic carbocycles. The molecule has 0 aliphatic carbocycles. The zero-order valence-electron chi connectivity index (χ0n) is 11.6. The highest BCUT2D eigenvalue weighted by molar-refractivity contribution is 6.01. The van der Waals surface area contributed by atoms with E-state index in [9.17, 15) is 5.11 Å². The lowest BCUT2D eigenvalue weighted by Gasteiger charge is -2.21. The van der Waals surface area contributed by atoms with Gasteiger partial charge in [-0.15, -0.1) is 0 Å². The fraction of sp³-hybridized carbons (Fsp3) is 0.533. The quantitative estimate of drug-likeness (QED) is 0.851. The van der Waals surface area contributed by atoms with Gasteiger partial charge in [-0.25, -0.2) is 0 Å². The second-order valence-corrected chi connectivity index (χ2v) is 5.12. The first kappa shape index (κ1) is 14.0. The van der Waals surface area contributed by atoms with Crippen molar-refractivity contribution >= 4 is 5.71 Å². The van der Waals surface area contributed by atoms with E-state index in [2.05, 4.69) is 22.2 Å². The van der Waals surface area contributed by atoms with Crippen LogP contribution >= 0.6 is 0 Å². The van der Waals surface area contributed by atoms with E-state index in [1.807, 2.05) is 32.2 Å². The lowest BCUT2D eigenvalue weighted by molar-refractivity contribution is 0.0436. The van der Waals surface area contributed by atoms with Crippen LogP contribution in [0.4, 0.5) is 0 Å². The Bertz CT molecular complexity index is 419. The van der Waals surface area contributed by atoms with Crippen LogP contribution in [0.2, 0.25) is 0 Å². The molecule has 0 aromatic heterocycles. The third-order valence-electron chi connectivity index (χ3n) is 3.35. The Kier molecular flexibility index (Phi) is 4.93. The molecule has 1 heterocycles. The van der Waals surface area contributed by atoms with Crippen LogP contribution in [-0.2, 0) is 4.84 Å². The van der Waals surface area contributed by atoms with Gasteiger partial charge < -0.3 is 14.8 Å². The SMILES string of the molecule is CC[C@H](O)CN(C)C[C@@H]1CC(c2ccccc2)=NO1. The van der Waals surface area contributed by atoms with Crippen LogP contribution in [0.1, 0.15) is 25.3 Å². The Balaban J connectivity index is 1.81. The summed E-state index contributed by atoms with van der Waals surface area (Å²) >= 11 is 0. The summed E-state index contributed by atoms with van der Waals surface area (Å²) in [4.78, 5) is 7.57. The van der Waals surface area contributed by atoms with E-state index in [1.165, 1.54) is 0 Å². The lowest BCUT2D eigenvalue weighted by atomic mass is 10.0. The molecule has 2 atom stereocenters. The van der Waals surface area contributed by atoms with Crippen molar-refractivity contribution < 1.29 is 9.94 Å². The first-order chi connectivity index (χ1) is 9.19. The highest BCUT2D eigenvalue weighted by Crippen LogP contribution is 2.17. The van der Waals surface area contributed by atoms with Crippen molar-refractivity contribution in [1.82, 2.24) is 4.90 Å². The summed E-state index contributed by atoms with van der Waals surface area (Å²) in [6.45, 7) is 3.45. The van der Waals surface area contributed by atoms with E-state index >= 15 is 0 Å². The lowest BCUT2D eigenvalue weighted by Crippen LogP contribution is -2.35. The minimum atomic E-state index is -0.263. The van der Waals surface area contributed by atoms with E-state index in [-0.39, 0.29) is 12.2 Å². The highest BCUT2D eigenvalue weighted by atomic mass is 16.6. The molecule has 0 unspecified atom stereocenters. The van der Waals surface area contributed by atoms with Crippen molar-refractivity contribution in [2.24, 2.45) is 5.16 Å². The first-order valence-electron chi connectivity index (χ1n) is 6.83. The fourth-order valence-electron chi connectivity index (χ4n) is 2.24. The van der Waals surface area contributed by atoms with Crippen LogP contribution in [-0.4, -0.2) is 48.1 Å². The third-order valence-corrected chi connectivity index (χ3v) is 3.35. The van der Waals surface area contributed by atoms with E-state index in [4.69, 9.17) is 4.84 Å². The van der Waals surface area contributed by atoms with Gasteiger partial charge in [-0.05, 0) is 19.0 Å². The van der Waals surface area contributed by atoms with Crippen LogP contribution in [0.5, 0.6) is 0 Å². The number of likely N-dealkylation sites (N-methyl/N-ethyl adjacent to an activating group) is 1. The van der Waals surface area contributed by atoms with E-state index in [0.29, 0.717) is 6.54 Å². The molecule has 0 spiro atoms. The average molecular weight is 262 g/mol. The highest BCUT2D eigenvalue weighted by Gasteiger charge is 2.23. The summed E-state index contributed by atoms with van der Waals surface area (Å²) in [5.74, 6) is 0. The standard InChI is InChI=1S/C15H22N2O2/c1-3-13(18)10-17(2)11-14-9-15(16-19-14)12-7-5-4-6-8-12/h4-8,13-14,18H,3,9-11H2,1-2H3/t13-,14-/m0/s1.